The number of nitrogens with zero attached hydrogens (tertiary/aromatic N) is 3. The van der Waals surface area contributed by atoms with E-state index in [0.717, 1.165) is 61.8 Å². The molecule has 9 aromatic rings. The Hall–Kier alpha value is -5.35. The van der Waals surface area contributed by atoms with Gasteiger partial charge in [0.05, 0.1) is 21.8 Å². The van der Waals surface area contributed by atoms with Crippen LogP contribution in [0, 0.1) is 5.92 Å². The van der Waals surface area contributed by atoms with Crippen LogP contribution in [0.1, 0.15) is 18.2 Å². The number of benzene rings is 5. The SMILES string of the molecule is CC1C=Cc2c(n(-c3ccc4ccc5ccccc5c4c3)c3c2c2oc4ccccc4c2c2nc4ccccc4n23)C1. The van der Waals surface area contributed by atoms with Gasteiger partial charge in [-0.3, -0.25) is 8.97 Å². The molecule has 4 heterocycles. The highest BCUT2D eigenvalue weighted by Gasteiger charge is 2.29. The highest BCUT2D eigenvalue weighted by molar-refractivity contribution is 6.23. The highest BCUT2D eigenvalue weighted by atomic mass is 16.3. The molecule has 0 radical (unpaired) electrons. The lowest BCUT2D eigenvalue weighted by molar-refractivity contribution is 0.672. The van der Waals surface area contributed by atoms with Crippen molar-refractivity contribution in [1.82, 2.24) is 14.0 Å². The average Bonchev–Trinajstić information content (AvgIpc) is 3.70. The second kappa shape index (κ2) is 7.89. The minimum atomic E-state index is 0.433. The Labute approximate surface area is 240 Å². The summed E-state index contributed by atoms with van der Waals surface area (Å²) in [6.07, 6.45) is 5.60. The highest BCUT2D eigenvalue weighted by Crippen LogP contribution is 2.45. The summed E-state index contributed by atoms with van der Waals surface area (Å²) in [5.41, 5.74) is 9.63. The monoisotopic (exact) mass is 539 g/mol. The van der Waals surface area contributed by atoms with Crippen molar-refractivity contribution in [3.05, 3.63) is 120 Å². The van der Waals surface area contributed by atoms with Crippen molar-refractivity contribution in [2.45, 2.75) is 13.3 Å². The predicted molar refractivity (Wildman–Crippen MR) is 174 cm³/mol. The Bertz CT molecular complexity index is 2630. The van der Waals surface area contributed by atoms with Gasteiger partial charge in [-0.25, -0.2) is 4.98 Å². The van der Waals surface area contributed by atoms with Gasteiger partial charge in [0.25, 0.3) is 0 Å². The van der Waals surface area contributed by atoms with Crippen LogP contribution in [0.2, 0.25) is 0 Å². The van der Waals surface area contributed by atoms with Crippen LogP contribution in [0.4, 0.5) is 0 Å². The Kier molecular flexibility index (Phi) is 4.20. The number of rotatable bonds is 1. The van der Waals surface area contributed by atoms with Gasteiger partial charge in [-0.2, -0.15) is 0 Å². The number of aromatic nitrogens is 3. The van der Waals surface area contributed by atoms with Crippen molar-refractivity contribution in [3.63, 3.8) is 0 Å². The van der Waals surface area contributed by atoms with Gasteiger partial charge in [-0.05, 0) is 64.2 Å². The van der Waals surface area contributed by atoms with Crippen LogP contribution >= 0.6 is 0 Å². The summed E-state index contributed by atoms with van der Waals surface area (Å²) in [6, 6.07) is 36.8. The lowest BCUT2D eigenvalue weighted by Gasteiger charge is -2.18. The number of furan rings is 1. The van der Waals surface area contributed by atoms with Crippen LogP contribution < -0.4 is 0 Å². The zero-order valence-electron chi connectivity index (χ0n) is 23.0. The summed E-state index contributed by atoms with van der Waals surface area (Å²) >= 11 is 0. The maximum Gasteiger partial charge on any atom is 0.151 e. The van der Waals surface area contributed by atoms with Crippen molar-refractivity contribution in [3.8, 4) is 5.69 Å². The van der Waals surface area contributed by atoms with Crippen LogP contribution in [0.5, 0.6) is 0 Å². The number of hydrogen-bond acceptors (Lipinski definition) is 2. The van der Waals surface area contributed by atoms with E-state index in [0.29, 0.717) is 5.92 Å². The van der Waals surface area contributed by atoms with Gasteiger partial charge in [0.2, 0.25) is 0 Å². The number of fused-ring (bicyclic) bond motifs is 15. The molecule has 0 saturated carbocycles. The van der Waals surface area contributed by atoms with E-state index in [1.807, 2.05) is 6.07 Å². The average molecular weight is 540 g/mol. The van der Waals surface area contributed by atoms with Gasteiger partial charge in [0.15, 0.2) is 11.2 Å². The summed E-state index contributed by atoms with van der Waals surface area (Å²) in [5, 5.41) is 8.35. The molecule has 198 valence electrons. The Morgan fingerprint density at radius 2 is 1.52 bits per heavy atom. The molecular formula is C38H25N3O. The molecule has 4 aromatic heterocycles. The third-order valence-corrected chi connectivity index (χ3v) is 9.20. The fourth-order valence-corrected chi connectivity index (χ4v) is 7.33. The van der Waals surface area contributed by atoms with E-state index in [1.165, 1.54) is 32.8 Å². The second-order valence-electron chi connectivity index (χ2n) is 11.7. The molecule has 5 aromatic carbocycles. The van der Waals surface area contributed by atoms with E-state index < -0.39 is 0 Å². The van der Waals surface area contributed by atoms with Crippen molar-refractivity contribution >= 4 is 77.3 Å². The molecule has 0 fully saturated rings. The van der Waals surface area contributed by atoms with E-state index in [2.05, 4.69) is 125 Å². The molecule has 4 heteroatoms. The maximum absolute atomic E-state index is 6.74. The molecule has 0 bridgehead atoms. The Balaban J connectivity index is 1.47. The Morgan fingerprint density at radius 1 is 0.762 bits per heavy atom. The summed E-state index contributed by atoms with van der Waals surface area (Å²) in [4.78, 5) is 5.23. The van der Waals surface area contributed by atoms with Gasteiger partial charge < -0.3 is 4.42 Å². The molecule has 0 amide bonds. The third-order valence-electron chi connectivity index (χ3n) is 9.20. The second-order valence-corrected chi connectivity index (χ2v) is 11.7. The molecule has 0 aliphatic heterocycles. The summed E-state index contributed by atoms with van der Waals surface area (Å²) < 4.78 is 11.6. The molecule has 42 heavy (non-hydrogen) atoms. The molecule has 1 unspecified atom stereocenters. The smallest absolute Gasteiger partial charge is 0.151 e. The minimum absolute atomic E-state index is 0.433. The van der Waals surface area contributed by atoms with Gasteiger partial charge in [-0.15, -0.1) is 0 Å². The fourth-order valence-electron chi connectivity index (χ4n) is 7.33. The number of para-hydroxylation sites is 3. The van der Waals surface area contributed by atoms with E-state index in [9.17, 15) is 0 Å². The quantitative estimate of drug-likeness (QED) is 0.195. The van der Waals surface area contributed by atoms with Crippen molar-refractivity contribution in [2.24, 2.45) is 5.92 Å². The third kappa shape index (κ3) is 2.79. The lowest BCUT2D eigenvalue weighted by Crippen LogP contribution is -2.09. The van der Waals surface area contributed by atoms with Crippen LogP contribution in [-0.4, -0.2) is 14.0 Å². The normalized spacial score (nSPS) is 15.3. The molecule has 1 atom stereocenters. The number of imidazole rings is 1. The predicted octanol–water partition coefficient (Wildman–Crippen LogP) is 9.84. The van der Waals surface area contributed by atoms with E-state index in [1.54, 1.807) is 0 Å². The summed E-state index contributed by atoms with van der Waals surface area (Å²) in [5.74, 6) is 0.433. The lowest BCUT2D eigenvalue weighted by atomic mass is 9.94. The number of pyridine rings is 1. The van der Waals surface area contributed by atoms with Gasteiger partial charge in [-0.1, -0.05) is 91.9 Å². The molecule has 4 nitrogen and oxygen atoms in total. The van der Waals surface area contributed by atoms with E-state index in [-0.39, 0.29) is 0 Å². The first kappa shape index (κ1) is 22.4. The molecule has 0 saturated heterocycles. The molecule has 0 spiro atoms. The largest absolute Gasteiger partial charge is 0.455 e. The van der Waals surface area contributed by atoms with Gasteiger partial charge in [0, 0.05) is 22.3 Å². The molecular weight excluding hydrogens is 514 g/mol. The van der Waals surface area contributed by atoms with Crippen molar-refractivity contribution < 1.29 is 4.42 Å². The fraction of sp³-hybridized carbons (Fsp3) is 0.0789. The van der Waals surface area contributed by atoms with Crippen LogP contribution in [-0.2, 0) is 6.42 Å². The van der Waals surface area contributed by atoms with Crippen LogP contribution in [0.25, 0.3) is 83.0 Å². The molecule has 1 aliphatic rings. The summed E-state index contributed by atoms with van der Waals surface area (Å²) in [6.45, 7) is 2.30. The standard InChI is InChI=1S/C38H25N3O/c1-22-14-19-27-32(20-22)40(25-18-17-24-16-15-23-8-2-3-9-26(23)29(24)21-25)38-35(27)36-34(28-10-4-7-13-33(28)42-36)37-39-30-11-5-6-12-31(30)41(37)38/h2-19,21-22H,20H2,1H3. The van der Waals surface area contributed by atoms with Gasteiger partial charge in [0.1, 0.15) is 11.2 Å². The number of allylic oxidation sites excluding steroid dienone is 1. The van der Waals surface area contributed by atoms with Crippen LogP contribution in [0.3, 0.4) is 0 Å². The van der Waals surface area contributed by atoms with Crippen molar-refractivity contribution in [2.75, 3.05) is 0 Å². The molecule has 0 N–H and O–H groups in total. The minimum Gasteiger partial charge on any atom is -0.455 e. The van der Waals surface area contributed by atoms with Gasteiger partial charge >= 0.3 is 0 Å². The molecule has 10 rings (SSSR count). The number of hydrogen-bond donors (Lipinski definition) is 0. The first-order valence-electron chi connectivity index (χ1n) is 14.6. The van der Waals surface area contributed by atoms with Crippen LogP contribution in [0.15, 0.2) is 114 Å². The first-order valence-corrected chi connectivity index (χ1v) is 14.6. The molecule has 1 aliphatic carbocycles. The summed E-state index contributed by atoms with van der Waals surface area (Å²) in [7, 11) is 0. The zero-order chi connectivity index (χ0) is 27.5. The first-order chi connectivity index (χ1) is 20.7. The Morgan fingerprint density at radius 3 is 2.45 bits per heavy atom. The van der Waals surface area contributed by atoms with E-state index >= 15 is 0 Å². The van der Waals surface area contributed by atoms with Crippen molar-refractivity contribution in [1.29, 1.82) is 0 Å². The maximum atomic E-state index is 6.74. The topological polar surface area (TPSA) is 35.4 Å². The van der Waals surface area contributed by atoms with E-state index in [4.69, 9.17) is 9.40 Å². The zero-order valence-corrected chi connectivity index (χ0v) is 23.0.